The smallest absolute Gasteiger partial charge is 0.119 e. The minimum Gasteiger partial charge on any atom is -0.489 e. The third kappa shape index (κ3) is 7.05. The van der Waals surface area contributed by atoms with E-state index >= 15 is 0 Å². The molecule has 5 rings (SSSR count). The van der Waals surface area contributed by atoms with E-state index in [4.69, 9.17) is 32.7 Å². The molecule has 5 heteroatoms. The van der Waals surface area contributed by atoms with Crippen molar-refractivity contribution in [2.24, 2.45) is 0 Å². The second-order valence-electron chi connectivity index (χ2n) is 9.19. The Morgan fingerprint density at radius 3 is 1.18 bits per heavy atom. The maximum absolute atomic E-state index is 5.93. The van der Waals surface area contributed by atoms with E-state index in [2.05, 4.69) is 82.7 Å². The first-order valence-corrected chi connectivity index (χ1v) is 14.5. The van der Waals surface area contributed by atoms with E-state index < -0.39 is 0 Å². The van der Waals surface area contributed by atoms with Crippen LogP contribution in [-0.4, -0.2) is 0 Å². The summed E-state index contributed by atoms with van der Waals surface area (Å²) in [7, 11) is 0. The fourth-order valence-electron chi connectivity index (χ4n) is 4.22. The molecule has 0 aliphatic heterocycles. The van der Waals surface area contributed by atoms with Crippen LogP contribution < -0.4 is 9.47 Å². The van der Waals surface area contributed by atoms with Gasteiger partial charge in [-0.2, -0.15) is 0 Å². The largest absolute Gasteiger partial charge is 0.489 e. The van der Waals surface area contributed by atoms with Crippen molar-refractivity contribution in [2.75, 3.05) is 0 Å². The summed E-state index contributed by atoms with van der Waals surface area (Å²) in [4.78, 5) is 0. The Balaban J connectivity index is 1.24. The van der Waals surface area contributed by atoms with E-state index in [9.17, 15) is 0 Å². The minimum atomic E-state index is 0.504. The second kappa shape index (κ2) is 13.2. The molecular weight excluding hydrogens is 591 g/mol. The summed E-state index contributed by atoms with van der Waals surface area (Å²) in [5, 5.41) is 0. The van der Waals surface area contributed by atoms with Crippen LogP contribution >= 0.6 is 39.1 Å². The second-order valence-corrected chi connectivity index (χ2v) is 10.5. The van der Waals surface area contributed by atoms with Gasteiger partial charge in [0.1, 0.15) is 24.7 Å². The predicted octanol–water partition coefficient (Wildman–Crippen LogP) is 10.4. The summed E-state index contributed by atoms with van der Waals surface area (Å²) in [6.45, 7) is 1.02. The zero-order valence-corrected chi connectivity index (χ0v) is 24.3. The molecule has 0 aromatic heterocycles. The van der Waals surface area contributed by atoms with Crippen molar-refractivity contribution in [3.8, 4) is 33.8 Å². The molecule has 0 aliphatic carbocycles. The third-order valence-electron chi connectivity index (χ3n) is 6.49. The van der Waals surface area contributed by atoms with Crippen LogP contribution in [0.2, 0.25) is 0 Å². The van der Waals surface area contributed by atoms with Gasteiger partial charge in [-0.25, -0.2) is 0 Å². The van der Waals surface area contributed by atoms with Crippen molar-refractivity contribution in [1.82, 2.24) is 0 Å². The Hall–Kier alpha value is -3.24. The SMILES string of the molecule is ClCc1ccc(OCc2ccc(-c3cccc(-c4ccc(COc5ccc(CCl)cc5)cc4)c3Br)cc2)cc1. The minimum absolute atomic E-state index is 0.504. The van der Waals surface area contributed by atoms with E-state index in [1.54, 1.807) is 0 Å². The van der Waals surface area contributed by atoms with Gasteiger partial charge < -0.3 is 9.47 Å². The molecule has 0 bridgehead atoms. The topological polar surface area (TPSA) is 18.5 Å². The maximum atomic E-state index is 5.93. The van der Waals surface area contributed by atoms with Crippen molar-refractivity contribution >= 4 is 39.1 Å². The number of alkyl halides is 2. The van der Waals surface area contributed by atoms with Crippen LogP contribution in [0.15, 0.2) is 120 Å². The van der Waals surface area contributed by atoms with Gasteiger partial charge in [0.2, 0.25) is 0 Å². The van der Waals surface area contributed by atoms with Crippen LogP contribution in [0.5, 0.6) is 11.5 Å². The van der Waals surface area contributed by atoms with Gasteiger partial charge in [-0.1, -0.05) is 91.0 Å². The van der Waals surface area contributed by atoms with Gasteiger partial charge in [0.25, 0.3) is 0 Å². The number of halogens is 3. The molecular formula is C34H27BrCl2O2. The molecule has 0 fully saturated rings. The van der Waals surface area contributed by atoms with Crippen molar-refractivity contribution in [1.29, 1.82) is 0 Å². The lowest BCUT2D eigenvalue weighted by Gasteiger charge is -2.13. The highest BCUT2D eigenvalue weighted by Gasteiger charge is 2.10. The van der Waals surface area contributed by atoms with Crippen LogP contribution in [0.4, 0.5) is 0 Å². The molecule has 5 aromatic rings. The molecule has 0 saturated carbocycles. The zero-order valence-electron chi connectivity index (χ0n) is 21.2. The zero-order chi connectivity index (χ0) is 27.0. The highest BCUT2D eigenvalue weighted by atomic mass is 79.9. The van der Waals surface area contributed by atoms with E-state index in [0.29, 0.717) is 25.0 Å². The van der Waals surface area contributed by atoms with Crippen LogP contribution in [0.1, 0.15) is 22.3 Å². The van der Waals surface area contributed by atoms with Gasteiger partial charge in [-0.15, -0.1) is 23.2 Å². The monoisotopic (exact) mass is 616 g/mol. The first kappa shape index (κ1) is 27.3. The maximum Gasteiger partial charge on any atom is 0.119 e. The first-order valence-electron chi connectivity index (χ1n) is 12.7. The van der Waals surface area contributed by atoms with Gasteiger partial charge in [0.05, 0.1) is 0 Å². The fourth-order valence-corrected chi connectivity index (χ4v) is 5.30. The molecule has 0 aliphatic rings. The van der Waals surface area contributed by atoms with E-state index in [1.165, 1.54) is 0 Å². The molecule has 0 radical (unpaired) electrons. The average Bonchev–Trinajstić information content (AvgIpc) is 3.00. The van der Waals surface area contributed by atoms with Gasteiger partial charge in [0, 0.05) is 16.2 Å². The average molecular weight is 618 g/mol. The molecule has 39 heavy (non-hydrogen) atoms. The summed E-state index contributed by atoms with van der Waals surface area (Å²) >= 11 is 15.6. The predicted molar refractivity (Wildman–Crippen MR) is 166 cm³/mol. The quantitative estimate of drug-likeness (QED) is 0.145. The molecule has 0 unspecified atom stereocenters. The van der Waals surface area contributed by atoms with E-state index in [0.717, 1.165) is 60.5 Å². The highest BCUT2D eigenvalue weighted by Crippen LogP contribution is 2.37. The molecule has 2 nitrogen and oxygen atoms in total. The number of hydrogen-bond donors (Lipinski definition) is 0. The summed E-state index contributed by atoms with van der Waals surface area (Å²) in [5.74, 6) is 2.68. The standard InChI is InChI=1S/C34H27BrCl2O2/c35-34-32(28-12-4-26(5-13-28)22-38-30-16-8-24(20-36)9-17-30)2-1-3-33(34)29-14-6-27(7-15-29)23-39-31-18-10-25(21-37)11-19-31/h1-19H,20-23H2. The normalized spacial score (nSPS) is 10.8. The molecule has 196 valence electrons. The fraction of sp³-hybridized carbons (Fsp3) is 0.118. The summed E-state index contributed by atoms with van der Waals surface area (Å²) in [6.07, 6.45) is 0. The Kier molecular flexibility index (Phi) is 9.26. The van der Waals surface area contributed by atoms with Crippen LogP contribution in [-0.2, 0) is 25.0 Å². The highest BCUT2D eigenvalue weighted by molar-refractivity contribution is 9.10. The molecule has 0 saturated heterocycles. The molecule has 0 amide bonds. The van der Waals surface area contributed by atoms with Crippen molar-refractivity contribution < 1.29 is 9.47 Å². The molecule has 0 N–H and O–H groups in total. The van der Waals surface area contributed by atoms with E-state index in [-0.39, 0.29) is 0 Å². The van der Waals surface area contributed by atoms with Crippen LogP contribution in [0, 0.1) is 0 Å². The van der Waals surface area contributed by atoms with Gasteiger partial charge >= 0.3 is 0 Å². The first-order chi connectivity index (χ1) is 19.1. The number of benzene rings is 5. The summed E-state index contributed by atoms with van der Waals surface area (Å²) in [6, 6.07) is 39.1. The van der Waals surface area contributed by atoms with Crippen molar-refractivity contribution in [2.45, 2.75) is 25.0 Å². The lowest BCUT2D eigenvalue weighted by molar-refractivity contribution is 0.306. The third-order valence-corrected chi connectivity index (χ3v) is 7.97. The Labute approximate surface area is 248 Å². The lowest BCUT2D eigenvalue weighted by atomic mass is 9.98. The van der Waals surface area contributed by atoms with Gasteiger partial charge in [-0.3, -0.25) is 0 Å². The van der Waals surface area contributed by atoms with Gasteiger partial charge in [0.15, 0.2) is 0 Å². The van der Waals surface area contributed by atoms with Crippen LogP contribution in [0.3, 0.4) is 0 Å². The summed E-state index contributed by atoms with van der Waals surface area (Å²) < 4.78 is 12.9. The lowest BCUT2D eigenvalue weighted by Crippen LogP contribution is -1.96. The van der Waals surface area contributed by atoms with E-state index in [1.807, 2.05) is 48.5 Å². The van der Waals surface area contributed by atoms with Crippen molar-refractivity contribution in [3.63, 3.8) is 0 Å². The molecule has 5 aromatic carbocycles. The van der Waals surface area contributed by atoms with Gasteiger partial charge in [-0.05, 0) is 84.7 Å². The number of ether oxygens (including phenoxy) is 2. The number of rotatable bonds is 10. The Morgan fingerprint density at radius 1 is 0.462 bits per heavy atom. The Morgan fingerprint density at radius 2 is 0.821 bits per heavy atom. The van der Waals surface area contributed by atoms with Crippen LogP contribution in [0.25, 0.3) is 22.3 Å². The molecule has 0 atom stereocenters. The molecule has 0 heterocycles. The summed E-state index contributed by atoms with van der Waals surface area (Å²) in [5.41, 5.74) is 8.95. The number of hydrogen-bond acceptors (Lipinski definition) is 2. The molecule has 0 spiro atoms. The Bertz CT molecular complexity index is 1380. The van der Waals surface area contributed by atoms with Crippen molar-refractivity contribution in [3.05, 3.63) is 142 Å².